The average molecular weight is 311 g/mol. The molecule has 0 heterocycles. The Morgan fingerprint density at radius 2 is 1.94 bits per heavy atom. The summed E-state index contributed by atoms with van der Waals surface area (Å²) in [5.41, 5.74) is 0.930. The Bertz CT molecular complexity index is 543. The van der Waals surface area contributed by atoms with Crippen LogP contribution in [0, 0.1) is 5.82 Å². The monoisotopic (exact) mass is 310 g/mol. The molecule has 0 fully saturated rings. The van der Waals surface area contributed by atoms with Gasteiger partial charge in [0, 0.05) is 10.0 Å². The number of hydrogen-bond donors (Lipinski definition) is 0. The number of hydrogen-bond acceptors (Lipinski definition) is 2. The van der Waals surface area contributed by atoms with Crippen molar-refractivity contribution in [2.45, 2.75) is 6.61 Å². The van der Waals surface area contributed by atoms with Gasteiger partial charge < -0.3 is 9.47 Å². The first-order valence-corrected chi connectivity index (χ1v) is 6.20. The summed E-state index contributed by atoms with van der Waals surface area (Å²) in [6, 6.07) is 11.9. The van der Waals surface area contributed by atoms with Gasteiger partial charge in [-0.15, -0.1) is 0 Å². The standard InChI is InChI=1S/C14H12BrFO2/c1-17-11-7-6-10(12(15)8-11)9-18-14-5-3-2-4-13(14)16/h2-8H,9H2,1H3. The van der Waals surface area contributed by atoms with Crippen molar-refractivity contribution < 1.29 is 13.9 Å². The molecule has 94 valence electrons. The number of methoxy groups -OCH3 is 1. The summed E-state index contributed by atoms with van der Waals surface area (Å²) in [6.45, 7) is 0.297. The lowest BCUT2D eigenvalue weighted by Crippen LogP contribution is -1.98. The summed E-state index contributed by atoms with van der Waals surface area (Å²) in [5.74, 6) is 0.652. The number of rotatable bonds is 4. The van der Waals surface area contributed by atoms with Gasteiger partial charge in [-0.3, -0.25) is 0 Å². The number of ether oxygens (including phenoxy) is 2. The summed E-state index contributed by atoms with van der Waals surface area (Å²) < 4.78 is 24.8. The summed E-state index contributed by atoms with van der Waals surface area (Å²) >= 11 is 3.43. The van der Waals surface area contributed by atoms with Crippen LogP contribution in [-0.2, 0) is 6.61 Å². The fourth-order valence-corrected chi connectivity index (χ4v) is 1.96. The molecule has 2 aromatic carbocycles. The summed E-state index contributed by atoms with van der Waals surface area (Å²) in [4.78, 5) is 0. The zero-order valence-corrected chi connectivity index (χ0v) is 11.4. The molecule has 2 nitrogen and oxygen atoms in total. The van der Waals surface area contributed by atoms with Gasteiger partial charge in [0.1, 0.15) is 12.4 Å². The first-order valence-electron chi connectivity index (χ1n) is 5.40. The summed E-state index contributed by atoms with van der Waals surface area (Å²) in [5, 5.41) is 0. The molecule has 0 aliphatic rings. The Morgan fingerprint density at radius 3 is 2.61 bits per heavy atom. The van der Waals surface area contributed by atoms with Crippen LogP contribution in [0.1, 0.15) is 5.56 Å². The fourth-order valence-electron chi connectivity index (χ4n) is 1.49. The van der Waals surface area contributed by atoms with Crippen LogP contribution in [-0.4, -0.2) is 7.11 Å². The second-order valence-corrected chi connectivity index (χ2v) is 4.53. The maximum absolute atomic E-state index is 13.4. The molecule has 0 aliphatic carbocycles. The van der Waals surface area contributed by atoms with Crippen molar-refractivity contribution in [3.8, 4) is 11.5 Å². The molecule has 0 bridgehead atoms. The Balaban J connectivity index is 2.09. The first-order chi connectivity index (χ1) is 8.70. The second kappa shape index (κ2) is 5.87. The average Bonchev–Trinajstić information content (AvgIpc) is 2.39. The van der Waals surface area contributed by atoms with Crippen LogP contribution < -0.4 is 9.47 Å². The van der Waals surface area contributed by atoms with Gasteiger partial charge in [0.25, 0.3) is 0 Å². The van der Waals surface area contributed by atoms with Gasteiger partial charge in [0.05, 0.1) is 7.11 Å². The lowest BCUT2D eigenvalue weighted by Gasteiger charge is -2.09. The fraction of sp³-hybridized carbons (Fsp3) is 0.143. The van der Waals surface area contributed by atoms with Crippen LogP contribution >= 0.6 is 15.9 Å². The molecular formula is C14H12BrFO2. The van der Waals surface area contributed by atoms with E-state index in [0.717, 1.165) is 15.8 Å². The number of benzene rings is 2. The highest BCUT2D eigenvalue weighted by atomic mass is 79.9. The zero-order chi connectivity index (χ0) is 13.0. The number of halogens is 2. The third-order valence-corrected chi connectivity index (χ3v) is 3.22. The van der Waals surface area contributed by atoms with Crippen LogP contribution in [0.4, 0.5) is 4.39 Å². The SMILES string of the molecule is COc1ccc(COc2ccccc2F)c(Br)c1. The smallest absolute Gasteiger partial charge is 0.165 e. The maximum atomic E-state index is 13.4. The van der Waals surface area contributed by atoms with E-state index < -0.39 is 0 Å². The molecule has 2 rings (SSSR count). The van der Waals surface area contributed by atoms with Crippen LogP contribution in [0.15, 0.2) is 46.9 Å². The molecule has 0 aromatic heterocycles. The van der Waals surface area contributed by atoms with Gasteiger partial charge in [0.2, 0.25) is 0 Å². The van der Waals surface area contributed by atoms with Crippen molar-refractivity contribution >= 4 is 15.9 Å². The van der Waals surface area contributed by atoms with Crippen molar-refractivity contribution in [2.24, 2.45) is 0 Å². The zero-order valence-electron chi connectivity index (χ0n) is 9.82. The molecule has 0 atom stereocenters. The van der Waals surface area contributed by atoms with E-state index in [2.05, 4.69) is 15.9 Å². The van der Waals surface area contributed by atoms with Crippen molar-refractivity contribution in [1.29, 1.82) is 0 Å². The number of para-hydroxylation sites is 1. The molecule has 0 radical (unpaired) electrons. The van der Waals surface area contributed by atoms with Gasteiger partial charge in [0.15, 0.2) is 11.6 Å². The lowest BCUT2D eigenvalue weighted by molar-refractivity contribution is 0.289. The van der Waals surface area contributed by atoms with E-state index in [1.807, 2.05) is 18.2 Å². The van der Waals surface area contributed by atoms with E-state index in [4.69, 9.17) is 9.47 Å². The minimum Gasteiger partial charge on any atom is -0.497 e. The lowest BCUT2D eigenvalue weighted by atomic mass is 10.2. The molecule has 18 heavy (non-hydrogen) atoms. The highest BCUT2D eigenvalue weighted by molar-refractivity contribution is 9.10. The Kier molecular flexibility index (Phi) is 4.20. The van der Waals surface area contributed by atoms with E-state index in [9.17, 15) is 4.39 Å². The maximum Gasteiger partial charge on any atom is 0.165 e. The van der Waals surface area contributed by atoms with Gasteiger partial charge in [-0.05, 0) is 24.3 Å². The predicted molar refractivity (Wildman–Crippen MR) is 71.4 cm³/mol. The Labute approximate surface area is 113 Å². The molecule has 4 heteroatoms. The van der Waals surface area contributed by atoms with Gasteiger partial charge >= 0.3 is 0 Å². The van der Waals surface area contributed by atoms with Crippen LogP contribution in [0.3, 0.4) is 0 Å². The Morgan fingerprint density at radius 1 is 1.17 bits per heavy atom. The molecule has 0 saturated carbocycles. The van der Waals surface area contributed by atoms with Crippen molar-refractivity contribution in [3.63, 3.8) is 0 Å². The highest BCUT2D eigenvalue weighted by Crippen LogP contribution is 2.25. The minimum absolute atomic E-state index is 0.250. The normalized spacial score (nSPS) is 10.2. The third kappa shape index (κ3) is 3.01. The molecular weight excluding hydrogens is 299 g/mol. The van der Waals surface area contributed by atoms with E-state index in [1.165, 1.54) is 6.07 Å². The van der Waals surface area contributed by atoms with Crippen molar-refractivity contribution in [2.75, 3.05) is 7.11 Å². The highest BCUT2D eigenvalue weighted by Gasteiger charge is 2.05. The van der Waals surface area contributed by atoms with Crippen LogP contribution in [0.25, 0.3) is 0 Å². The molecule has 0 spiro atoms. The van der Waals surface area contributed by atoms with Gasteiger partial charge in [-0.25, -0.2) is 4.39 Å². The quantitative estimate of drug-likeness (QED) is 0.843. The first kappa shape index (κ1) is 12.9. The van der Waals surface area contributed by atoms with Crippen LogP contribution in [0.5, 0.6) is 11.5 Å². The second-order valence-electron chi connectivity index (χ2n) is 3.68. The third-order valence-electron chi connectivity index (χ3n) is 2.48. The molecule has 0 amide bonds. The minimum atomic E-state index is -0.359. The Hall–Kier alpha value is -1.55. The van der Waals surface area contributed by atoms with E-state index >= 15 is 0 Å². The molecule has 0 aliphatic heterocycles. The van der Waals surface area contributed by atoms with Gasteiger partial charge in [-0.2, -0.15) is 0 Å². The van der Waals surface area contributed by atoms with Crippen molar-refractivity contribution in [1.82, 2.24) is 0 Å². The summed E-state index contributed by atoms with van der Waals surface area (Å²) in [7, 11) is 1.61. The molecule has 0 unspecified atom stereocenters. The predicted octanol–water partition coefficient (Wildman–Crippen LogP) is 4.18. The molecule has 0 saturated heterocycles. The van der Waals surface area contributed by atoms with Crippen LogP contribution in [0.2, 0.25) is 0 Å². The largest absolute Gasteiger partial charge is 0.497 e. The summed E-state index contributed by atoms with van der Waals surface area (Å²) in [6.07, 6.45) is 0. The van der Waals surface area contributed by atoms with E-state index in [0.29, 0.717) is 6.61 Å². The van der Waals surface area contributed by atoms with Gasteiger partial charge in [-0.1, -0.05) is 34.1 Å². The topological polar surface area (TPSA) is 18.5 Å². The molecule has 0 N–H and O–H groups in total. The molecule has 2 aromatic rings. The van der Waals surface area contributed by atoms with Crippen molar-refractivity contribution in [3.05, 3.63) is 58.3 Å². The van der Waals surface area contributed by atoms with E-state index in [1.54, 1.807) is 25.3 Å². The van der Waals surface area contributed by atoms with E-state index in [-0.39, 0.29) is 11.6 Å².